The molecular formula is C23H24O7S. The summed E-state index contributed by atoms with van der Waals surface area (Å²) in [5, 5.41) is 10.3. The monoisotopic (exact) mass is 444 g/mol. The van der Waals surface area contributed by atoms with Gasteiger partial charge >= 0.3 is 5.97 Å². The maximum Gasteiger partial charge on any atom is 0.348 e. The average Bonchev–Trinajstić information content (AvgIpc) is 3.23. The third kappa shape index (κ3) is 4.39. The molecule has 0 aliphatic heterocycles. The van der Waals surface area contributed by atoms with Gasteiger partial charge in [0.2, 0.25) is 5.75 Å². The number of aromatic hydroxyl groups is 1. The van der Waals surface area contributed by atoms with E-state index in [9.17, 15) is 9.90 Å². The molecule has 1 heterocycles. The van der Waals surface area contributed by atoms with Crippen LogP contribution in [0.15, 0.2) is 36.4 Å². The van der Waals surface area contributed by atoms with Crippen molar-refractivity contribution >= 4 is 17.3 Å². The van der Waals surface area contributed by atoms with Crippen LogP contribution in [0.4, 0.5) is 0 Å². The molecule has 0 unspecified atom stereocenters. The Morgan fingerprint density at radius 2 is 1.52 bits per heavy atom. The summed E-state index contributed by atoms with van der Waals surface area (Å²) >= 11 is 1.28. The van der Waals surface area contributed by atoms with Crippen LogP contribution in [-0.2, 0) is 4.74 Å². The number of carbonyl (C=O) groups is 1. The van der Waals surface area contributed by atoms with Crippen LogP contribution in [0, 0.1) is 0 Å². The molecule has 1 aromatic heterocycles. The molecule has 8 heteroatoms. The van der Waals surface area contributed by atoms with Crippen LogP contribution in [0.1, 0.15) is 16.6 Å². The lowest BCUT2D eigenvalue weighted by atomic mass is 10.0. The van der Waals surface area contributed by atoms with E-state index in [0.29, 0.717) is 33.4 Å². The Bertz CT molecular complexity index is 1060. The summed E-state index contributed by atoms with van der Waals surface area (Å²) in [7, 11) is 6.11. The zero-order chi connectivity index (χ0) is 22.5. The molecule has 0 atom stereocenters. The van der Waals surface area contributed by atoms with Gasteiger partial charge in [-0.25, -0.2) is 4.79 Å². The predicted octanol–water partition coefficient (Wildman–Crippen LogP) is 5.00. The van der Waals surface area contributed by atoms with Gasteiger partial charge in [-0.05, 0) is 48.4 Å². The van der Waals surface area contributed by atoms with Gasteiger partial charge in [0.1, 0.15) is 4.88 Å². The molecule has 3 aromatic rings. The number of carbonyl (C=O) groups excluding carboxylic acids is 1. The van der Waals surface area contributed by atoms with Gasteiger partial charge in [0.15, 0.2) is 23.0 Å². The Kier molecular flexibility index (Phi) is 6.91. The van der Waals surface area contributed by atoms with Crippen LogP contribution < -0.4 is 18.9 Å². The molecule has 0 aliphatic rings. The Balaban J connectivity index is 2.24. The van der Waals surface area contributed by atoms with Crippen LogP contribution in [0.3, 0.4) is 0 Å². The first-order valence-electron chi connectivity index (χ1n) is 9.46. The first kappa shape index (κ1) is 22.3. The number of methoxy groups -OCH3 is 4. The molecule has 164 valence electrons. The smallest absolute Gasteiger partial charge is 0.348 e. The van der Waals surface area contributed by atoms with Crippen LogP contribution in [-0.4, -0.2) is 46.1 Å². The van der Waals surface area contributed by atoms with E-state index in [1.165, 1.54) is 25.6 Å². The van der Waals surface area contributed by atoms with Crippen molar-refractivity contribution in [1.82, 2.24) is 0 Å². The van der Waals surface area contributed by atoms with Crippen molar-refractivity contribution in [3.05, 3.63) is 41.3 Å². The Hall–Kier alpha value is -3.39. The SMILES string of the molecule is CCOC(=O)c1cc(-c2ccc(OC)c(O)c2)c(-c2cc(OC)c(OC)c(OC)c2)s1. The first-order valence-corrected chi connectivity index (χ1v) is 10.3. The molecule has 0 saturated carbocycles. The van der Waals surface area contributed by atoms with Crippen LogP contribution in [0.5, 0.6) is 28.7 Å². The van der Waals surface area contributed by atoms with Crippen molar-refractivity contribution in [3.63, 3.8) is 0 Å². The van der Waals surface area contributed by atoms with Gasteiger partial charge < -0.3 is 28.8 Å². The molecule has 2 aromatic carbocycles. The van der Waals surface area contributed by atoms with Gasteiger partial charge in [0, 0.05) is 10.4 Å². The second kappa shape index (κ2) is 9.61. The van der Waals surface area contributed by atoms with Crippen molar-refractivity contribution in [2.75, 3.05) is 35.0 Å². The minimum atomic E-state index is -0.412. The largest absolute Gasteiger partial charge is 0.504 e. The Labute approximate surface area is 184 Å². The van der Waals surface area contributed by atoms with Crippen molar-refractivity contribution in [2.45, 2.75) is 6.92 Å². The molecule has 0 saturated heterocycles. The third-order valence-electron chi connectivity index (χ3n) is 4.63. The fourth-order valence-corrected chi connectivity index (χ4v) is 4.25. The summed E-state index contributed by atoms with van der Waals surface area (Å²) in [4.78, 5) is 13.7. The van der Waals surface area contributed by atoms with Gasteiger partial charge in [-0.3, -0.25) is 0 Å². The molecule has 0 fully saturated rings. The maximum absolute atomic E-state index is 12.4. The summed E-state index contributed by atoms with van der Waals surface area (Å²) in [6, 6.07) is 10.5. The quantitative estimate of drug-likeness (QED) is 0.490. The minimum Gasteiger partial charge on any atom is -0.504 e. The highest BCUT2D eigenvalue weighted by atomic mass is 32.1. The van der Waals surface area contributed by atoms with Gasteiger partial charge in [-0.2, -0.15) is 0 Å². The third-order valence-corrected chi connectivity index (χ3v) is 5.79. The lowest BCUT2D eigenvalue weighted by Gasteiger charge is -2.14. The van der Waals surface area contributed by atoms with Crippen molar-refractivity contribution in [3.8, 4) is 50.3 Å². The molecule has 0 bridgehead atoms. The van der Waals surface area contributed by atoms with Crippen LogP contribution in [0.2, 0.25) is 0 Å². The maximum atomic E-state index is 12.4. The molecule has 0 aliphatic carbocycles. The lowest BCUT2D eigenvalue weighted by Crippen LogP contribution is -2.01. The van der Waals surface area contributed by atoms with E-state index in [-0.39, 0.29) is 12.4 Å². The van der Waals surface area contributed by atoms with E-state index < -0.39 is 5.97 Å². The number of thiophene rings is 1. The highest BCUT2D eigenvalue weighted by molar-refractivity contribution is 7.18. The van der Waals surface area contributed by atoms with Crippen LogP contribution in [0.25, 0.3) is 21.6 Å². The van der Waals surface area contributed by atoms with Crippen molar-refractivity contribution < 1.29 is 33.6 Å². The van der Waals surface area contributed by atoms with Crippen LogP contribution >= 0.6 is 11.3 Å². The normalized spacial score (nSPS) is 10.5. The van der Waals surface area contributed by atoms with E-state index in [2.05, 4.69) is 0 Å². The lowest BCUT2D eigenvalue weighted by molar-refractivity contribution is 0.0532. The standard InChI is InChI=1S/C23H24O7S/c1-6-30-23(25)20-12-15(13-7-8-17(26-2)16(24)9-13)22(31-20)14-10-18(27-3)21(29-5)19(11-14)28-4/h7-12,24H,6H2,1-5H3. The summed E-state index contributed by atoms with van der Waals surface area (Å²) in [5.41, 5.74) is 2.23. The molecule has 7 nitrogen and oxygen atoms in total. The van der Waals surface area contributed by atoms with E-state index in [1.54, 1.807) is 39.3 Å². The van der Waals surface area contributed by atoms with E-state index in [4.69, 9.17) is 23.7 Å². The molecule has 31 heavy (non-hydrogen) atoms. The number of esters is 1. The minimum absolute atomic E-state index is 0.000253. The van der Waals surface area contributed by atoms with Gasteiger partial charge in [0.25, 0.3) is 0 Å². The van der Waals surface area contributed by atoms with E-state index >= 15 is 0 Å². The molecule has 3 rings (SSSR count). The second-order valence-corrected chi connectivity index (χ2v) is 7.43. The van der Waals surface area contributed by atoms with Crippen molar-refractivity contribution in [1.29, 1.82) is 0 Å². The fraction of sp³-hybridized carbons (Fsp3) is 0.261. The van der Waals surface area contributed by atoms with E-state index in [0.717, 1.165) is 16.0 Å². The highest BCUT2D eigenvalue weighted by Gasteiger charge is 2.22. The highest BCUT2D eigenvalue weighted by Crippen LogP contribution is 2.47. The topological polar surface area (TPSA) is 83.5 Å². The molecule has 0 amide bonds. The first-order chi connectivity index (χ1) is 15.0. The zero-order valence-corrected chi connectivity index (χ0v) is 18.8. The summed E-state index contributed by atoms with van der Waals surface area (Å²) in [5.74, 6) is 1.40. The van der Waals surface area contributed by atoms with Gasteiger partial charge in [-0.1, -0.05) is 6.07 Å². The van der Waals surface area contributed by atoms with Gasteiger partial charge in [0.05, 0.1) is 35.0 Å². The number of phenols is 1. The molecule has 0 spiro atoms. The predicted molar refractivity (Wildman–Crippen MR) is 119 cm³/mol. The number of benzene rings is 2. The molecule has 0 radical (unpaired) electrons. The number of phenolic OH excluding ortho intramolecular Hbond substituents is 1. The Morgan fingerprint density at radius 1 is 0.871 bits per heavy atom. The zero-order valence-electron chi connectivity index (χ0n) is 18.0. The summed E-state index contributed by atoms with van der Waals surface area (Å²) < 4.78 is 26.7. The average molecular weight is 445 g/mol. The number of hydrogen-bond donors (Lipinski definition) is 1. The Morgan fingerprint density at radius 3 is 2.03 bits per heavy atom. The molecule has 1 N–H and O–H groups in total. The summed E-state index contributed by atoms with van der Waals surface area (Å²) in [6.45, 7) is 2.03. The summed E-state index contributed by atoms with van der Waals surface area (Å²) in [6.07, 6.45) is 0. The molecular weight excluding hydrogens is 420 g/mol. The van der Waals surface area contributed by atoms with Crippen molar-refractivity contribution in [2.24, 2.45) is 0 Å². The second-order valence-electron chi connectivity index (χ2n) is 6.37. The fourth-order valence-electron chi connectivity index (χ4n) is 3.19. The number of rotatable bonds is 8. The number of hydrogen-bond acceptors (Lipinski definition) is 8. The number of ether oxygens (including phenoxy) is 5. The van der Waals surface area contributed by atoms with Gasteiger partial charge in [-0.15, -0.1) is 11.3 Å². The van der Waals surface area contributed by atoms with E-state index in [1.807, 2.05) is 18.2 Å².